The van der Waals surface area contributed by atoms with Gasteiger partial charge in [0.1, 0.15) is 5.78 Å². The van der Waals surface area contributed by atoms with E-state index in [-0.39, 0.29) is 0 Å². The van der Waals surface area contributed by atoms with Crippen molar-refractivity contribution in [3.63, 3.8) is 0 Å². The Kier molecular flexibility index (Phi) is 3.67. The molecule has 74 valence electrons. The molecule has 1 saturated heterocycles. The molecule has 1 aliphatic rings. The van der Waals surface area contributed by atoms with Crippen molar-refractivity contribution in [1.29, 1.82) is 0 Å². The van der Waals surface area contributed by atoms with E-state index < -0.39 is 0 Å². The molecule has 2 heteroatoms. The number of carbonyl (C=O) groups excluding carboxylic acids is 1. The van der Waals surface area contributed by atoms with E-state index in [9.17, 15) is 4.79 Å². The summed E-state index contributed by atoms with van der Waals surface area (Å²) in [5, 5.41) is 0. The second kappa shape index (κ2) is 4.56. The summed E-state index contributed by atoms with van der Waals surface area (Å²) in [6, 6.07) is 0.430. The highest BCUT2D eigenvalue weighted by Crippen LogP contribution is 2.20. The summed E-state index contributed by atoms with van der Waals surface area (Å²) in [6.45, 7) is 9.92. The maximum atomic E-state index is 11.3. The summed E-state index contributed by atoms with van der Waals surface area (Å²) in [7, 11) is 0. The molecule has 1 atom stereocenters. The van der Waals surface area contributed by atoms with Gasteiger partial charge in [-0.3, -0.25) is 9.69 Å². The number of ketones is 1. The van der Waals surface area contributed by atoms with E-state index in [0.717, 1.165) is 25.9 Å². The fraction of sp³-hybridized carbons (Fsp3) is 0.727. The Morgan fingerprint density at radius 1 is 1.69 bits per heavy atom. The van der Waals surface area contributed by atoms with Gasteiger partial charge in [-0.25, -0.2) is 0 Å². The zero-order valence-electron chi connectivity index (χ0n) is 8.62. The van der Waals surface area contributed by atoms with Gasteiger partial charge in [-0.2, -0.15) is 0 Å². The molecule has 1 aliphatic heterocycles. The van der Waals surface area contributed by atoms with Crippen molar-refractivity contribution in [3.8, 4) is 0 Å². The van der Waals surface area contributed by atoms with E-state index in [1.165, 1.54) is 0 Å². The largest absolute Gasteiger partial charge is 0.300 e. The molecule has 0 aromatic heterocycles. The summed E-state index contributed by atoms with van der Waals surface area (Å²) in [5.41, 5.74) is 0. The SMILES string of the molecule is C=CCN1CCC(=O)CC1C(C)C. The van der Waals surface area contributed by atoms with Gasteiger partial charge in [-0.05, 0) is 5.92 Å². The fourth-order valence-electron chi connectivity index (χ4n) is 1.95. The van der Waals surface area contributed by atoms with Crippen LogP contribution < -0.4 is 0 Å². The van der Waals surface area contributed by atoms with Crippen LogP contribution in [0.1, 0.15) is 26.7 Å². The van der Waals surface area contributed by atoms with Crippen LogP contribution in [0, 0.1) is 5.92 Å². The highest BCUT2D eigenvalue weighted by atomic mass is 16.1. The highest BCUT2D eigenvalue weighted by Gasteiger charge is 2.27. The molecule has 1 rings (SSSR count). The van der Waals surface area contributed by atoms with E-state index in [4.69, 9.17) is 0 Å². The van der Waals surface area contributed by atoms with Crippen LogP contribution in [0.2, 0.25) is 0 Å². The van der Waals surface area contributed by atoms with Gasteiger partial charge in [0, 0.05) is 32.0 Å². The van der Waals surface area contributed by atoms with Crippen LogP contribution in [-0.4, -0.2) is 29.8 Å². The highest BCUT2D eigenvalue weighted by molar-refractivity contribution is 5.80. The number of nitrogens with zero attached hydrogens (tertiary/aromatic N) is 1. The van der Waals surface area contributed by atoms with Crippen molar-refractivity contribution in [2.45, 2.75) is 32.7 Å². The molecule has 0 aromatic carbocycles. The summed E-state index contributed by atoms with van der Waals surface area (Å²) in [6.07, 6.45) is 3.37. The average molecular weight is 181 g/mol. The molecule has 1 fully saturated rings. The van der Waals surface area contributed by atoms with E-state index in [2.05, 4.69) is 25.3 Å². The molecule has 0 aromatic rings. The minimum atomic E-state index is 0.416. The quantitative estimate of drug-likeness (QED) is 0.619. The number of hydrogen-bond acceptors (Lipinski definition) is 2. The van der Waals surface area contributed by atoms with Gasteiger partial charge in [0.25, 0.3) is 0 Å². The first-order valence-electron chi connectivity index (χ1n) is 5.01. The number of hydrogen-bond donors (Lipinski definition) is 0. The number of likely N-dealkylation sites (tertiary alicyclic amines) is 1. The van der Waals surface area contributed by atoms with Crippen molar-refractivity contribution < 1.29 is 4.79 Å². The summed E-state index contributed by atoms with van der Waals surface area (Å²) in [4.78, 5) is 13.6. The number of carbonyl (C=O) groups is 1. The van der Waals surface area contributed by atoms with E-state index in [1.807, 2.05) is 6.08 Å². The van der Waals surface area contributed by atoms with E-state index in [0.29, 0.717) is 17.7 Å². The van der Waals surface area contributed by atoms with Crippen molar-refractivity contribution in [1.82, 2.24) is 4.90 Å². The molecule has 0 spiro atoms. The molecular weight excluding hydrogens is 162 g/mol. The van der Waals surface area contributed by atoms with Crippen LogP contribution in [-0.2, 0) is 4.79 Å². The maximum Gasteiger partial charge on any atom is 0.135 e. The Balaban J connectivity index is 2.59. The lowest BCUT2D eigenvalue weighted by atomic mass is 9.92. The maximum absolute atomic E-state index is 11.3. The Bertz CT molecular complexity index is 198. The normalized spacial score (nSPS) is 25.2. The first-order valence-corrected chi connectivity index (χ1v) is 5.01. The summed E-state index contributed by atoms with van der Waals surface area (Å²) >= 11 is 0. The second-order valence-electron chi connectivity index (χ2n) is 4.09. The third-order valence-corrected chi connectivity index (χ3v) is 2.72. The Morgan fingerprint density at radius 2 is 2.38 bits per heavy atom. The van der Waals surface area contributed by atoms with Crippen LogP contribution in [0.3, 0.4) is 0 Å². The van der Waals surface area contributed by atoms with Gasteiger partial charge in [-0.1, -0.05) is 19.9 Å². The van der Waals surface area contributed by atoms with Gasteiger partial charge in [0.05, 0.1) is 0 Å². The summed E-state index contributed by atoms with van der Waals surface area (Å²) < 4.78 is 0. The van der Waals surface area contributed by atoms with Crippen LogP contribution in [0.15, 0.2) is 12.7 Å². The monoisotopic (exact) mass is 181 g/mol. The first kappa shape index (κ1) is 10.5. The van der Waals surface area contributed by atoms with Gasteiger partial charge in [-0.15, -0.1) is 6.58 Å². The molecule has 2 nitrogen and oxygen atoms in total. The summed E-state index contributed by atoms with van der Waals surface area (Å²) in [5.74, 6) is 0.975. The van der Waals surface area contributed by atoms with Crippen LogP contribution in [0.4, 0.5) is 0 Å². The molecule has 13 heavy (non-hydrogen) atoms. The number of Topliss-reactive ketones (excluding diaryl/α,β-unsaturated/α-hetero) is 1. The Hall–Kier alpha value is -0.630. The zero-order valence-corrected chi connectivity index (χ0v) is 8.62. The van der Waals surface area contributed by atoms with Crippen LogP contribution in [0.5, 0.6) is 0 Å². The topological polar surface area (TPSA) is 20.3 Å². The minimum absolute atomic E-state index is 0.416. The van der Waals surface area contributed by atoms with Crippen molar-refractivity contribution in [3.05, 3.63) is 12.7 Å². The fourth-order valence-corrected chi connectivity index (χ4v) is 1.95. The van der Waals surface area contributed by atoms with Crippen molar-refractivity contribution in [2.24, 2.45) is 5.92 Å². The second-order valence-corrected chi connectivity index (χ2v) is 4.09. The Labute approximate surface area is 80.6 Å². The van der Waals surface area contributed by atoms with Crippen LogP contribution in [0.25, 0.3) is 0 Å². The lowest BCUT2D eigenvalue weighted by molar-refractivity contribution is -0.123. The first-order chi connectivity index (χ1) is 6.15. The number of piperidine rings is 1. The molecule has 0 bridgehead atoms. The van der Waals surface area contributed by atoms with Crippen molar-refractivity contribution in [2.75, 3.05) is 13.1 Å². The third-order valence-electron chi connectivity index (χ3n) is 2.72. The van der Waals surface area contributed by atoms with Gasteiger partial charge >= 0.3 is 0 Å². The molecule has 1 unspecified atom stereocenters. The molecule has 0 amide bonds. The van der Waals surface area contributed by atoms with E-state index >= 15 is 0 Å². The lowest BCUT2D eigenvalue weighted by Crippen LogP contribution is -2.45. The molecule has 0 aliphatic carbocycles. The smallest absolute Gasteiger partial charge is 0.135 e. The molecule has 0 saturated carbocycles. The molecule has 0 N–H and O–H groups in total. The molecular formula is C11H19NO. The number of rotatable bonds is 3. The third kappa shape index (κ3) is 2.66. The molecule has 1 heterocycles. The van der Waals surface area contributed by atoms with Crippen molar-refractivity contribution >= 4 is 5.78 Å². The van der Waals surface area contributed by atoms with Gasteiger partial charge in [0.15, 0.2) is 0 Å². The van der Waals surface area contributed by atoms with E-state index in [1.54, 1.807) is 0 Å². The predicted molar refractivity (Wildman–Crippen MR) is 54.6 cm³/mol. The molecule has 0 radical (unpaired) electrons. The Morgan fingerprint density at radius 3 is 2.92 bits per heavy atom. The average Bonchev–Trinajstić information content (AvgIpc) is 2.08. The standard InChI is InChI=1S/C11H19NO/c1-4-6-12-7-5-10(13)8-11(12)9(2)3/h4,9,11H,1,5-8H2,2-3H3. The van der Waals surface area contributed by atoms with Gasteiger partial charge < -0.3 is 0 Å². The lowest BCUT2D eigenvalue weighted by Gasteiger charge is -2.36. The zero-order chi connectivity index (χ0) is 9.84. The van der Waals surface area contributed by atoms with Gasteiger partial charge in [0.2, 0.25) is 0 Å². The predicted octanol–water partition coefficient (Wildman–Crippen LogP) is 1.86. The minimum Gasteiger partial charge on any atom is -0.300 e. The van der Waals surface area contributed by atoms with Crippen LogP contribution >= 0.6 is 0 Å².